The number of H-pyrrole nitrogens is 1. The summed E-state index contributed by atoms with van der Waals surface area (Å²) in [6.07, 6.45) is 6.21. The molecule has 0 aliphatic carbocycles. The topological polar surface area (TPSA) is 98.1 Å². The van der Waals surface area contributed by atoms with Crippen molar-refractivity contribution in [2.45, 2.75) is 39.7 Å². The molecule has 0 atom stereocenters. The second kappa shape index (κ2) is 8.08. The third-order valence-corrected chi connectivity index (χ3v) is 4.58. The average Bonchev–Trinajstić information content (AvgIpc) is 3.39. The van der Waals surface area contributed by atoms with E-state index in [0.717, 1.165) is 54.1 Å². The summed E-state index contributed by atoms with van der Waals surface area (Å²) < 4.78 is 2.03. The third-order valence-electron chi connectivity index (χ3n) is 4.58. The van der Waals surface area contributed by atoms with Gasteiger partial charge in [-0.1, -0.05) is 38.1 Å². The molecule has 0 bridgehead atoms. The zero-order chi connectivity index (χ0) is 19.3. The summed E-state index contributed by atoms with van der Waals surface area (Å²) in [5, 5.41) is 18.9. The van der Waals surface area contributed by atoms with Gasteiger partial charge >= 0.3 is 0 Å². The molecule has 0 spiro atoms. The maximum Gasteiger partial charge on any atom is 0.205 e. The molecule has 1 N–H and O–H groups in total. The quantitative estimate of drug-likeness (QED) is 0.534. The summed E-state index contributed by atoms with van der Waals surface area (Å²) in [4.78, 5) is 8.94. The van der Waals surface area contributed by atoms with Crippen molar-refractivity contribution >= 4 is 0 Å². The first-order valence-corrected chi connectivity index (χ1v) is 9.48. The summed E-state index contributed by atoms with van der Waals surface area (Å²) in [7, 11) is 0. The van der Waals surface area contributed by atoms with E-state index in [1.54, 1.807) is 6.20 Å². The van der Waals surface area contributed by atoms with Crippen molar-refractivity contribution in [2.24, 2.45) is 0 Å². The second-order valence-electron chi connectivity index (χ2n) is 6.55. The predicted octanol–water partition coefficient (Wildman–Crippen LogP) is 3.08. The minimum Gasteiger partial charge on any atom is -0.264 e. The molecule has 0 saturated carbocycles. The Labute approximate surface area is 163 Å². The molecule has 4 rings (SSSR count). The van der Waals surface area contributed by atoms with Gasteiger partial charge < -0.3 is 0 Å². The maximum absolute atomic E-state index is 4.69. The second-order valence-corrected chi connectivity index (χ2v) is 6.55. The Bertz CT molecular complexity index is 1030. The highest BCUT2D eigenvalue weighted by Gasteiger charge is 2.12. The molecule has 3 heterocycles. The van der Waals surface area contributed by atoms with Crippen LogP contribution in [-0.4, -0.2) is 40.4 Å². The molecule has 0 unspecified atom stereocenters. The number of aryl methyl sites for hydroxylation is 2. The van der Waals surface area contributed by atoms with E-state index in [9.17, 15) is 0 Å². The first-order chi connectivity index (χ1) is 13.8. The highest BCUT2D eigenvalue weighted by atomic mass is 15.5. The zero-order valence-corrected chi connectivity index (χ0v) is 16.0. The minimum atomic E-state index is 0.557. The highest BCUT2D eigenvalue weighted by Crippen LogP contribution is 2.29. The lowest BCUT2D eigenvalue weighted by molar-refractivity contribution is 0.571. The van der Waals surface area contributed by atoms with Gasteiger partial charge in [0.2, 0.25) is 5.82 Å². The molecule has 1 aromatic carbocycles. The molecule has 0 aliphatic rings. The van der Waals surface area contributed by atoms with Crippen molar-refractivity contribution in [3.05, 3.63) is 59.9 Å². The number of tetrazole rings is 1. The highest BCUT2D eigenvalue weighted by molar-refractivity contribution is 5.79. The van der Waals surface area contributed by atoms with Crippen LogP contribution in [0.2, 0.25) is 0 Å². The fourth-order valence-electron chi connectivity index (χ4n) is 3.18. The lowest BCUT2D eigenvalue weighted by atomic mass is 9.99. The fourth-order valence-corrected chi connectivity index (χ4v) is 3.18. The Kier molecular flexibility index (Phi) is 5.18. The molecule has 0 radical (unpaired) electrons. The van der Waals surface area contributed by atoms with Crippen LogP contribution in [0.25, 0.3) is 22.5 Å². The standard InChI is InChI=1S/C20H22N8/c1-3-11-28-19(22-18(4-2)25-28)12-14-5-7-15(8-6-14)17-13-21-10-9-16(17)20-23-26-27-24-20/h5-10,13H,3-4,11-12H2,1-2H3,(H,23,24,26,27). The molecule has 142 valence electrons. The van der Waals surface area contributed by atoms with E-state index in [1.165, 1.54) is 5.56 Å². The monoisotopic (exact) mass is 374 g/mol. The van der Waals surface area contributed by atoms with Crippen molar-refractivity contribution in [3.63, 3.8) is 0 Å². The molecule has 8 nitrogen and oxygen atoms in total. The summed E-state index contributed by atoms with van der Waals surface area (Å²) >= 11 is 0. The normalized spacial score (nSPS) is 11.1. The zero-order valence-electron chi connectivity index (χ0n) is 16.0. The van der Waals surface area contributed by atoms with Crippen LogP contribution in [0.3, 0.4) is 0 Å². The Morgan fingerprint density at radius 3 is 2.61 bits per heavy atom. The molecular formula is C20H22N8. The number of pyridine rings is 1. The van der Waals surface area contributed by atoms with E-state index in [-0.39, 0.29) is 0 Å². The van der Waals surface area contributed by atoms with Crippen molar-refractivity contribution in [3.8, 4) is 22.5 Å². The average molecular weight is 374 g/mol. The first-order valence-electron chi connectivity index (χ1n) is 9.48. The van der Waals surface area contributed by atoms with E-state index in [4.69, 9.17) is 0 Å². The molecule has 4 aromatic rings. The Hall–Kier alpha value is -3.42. The maximum atomic E-state index is 4.69. The number of rotatable bonds is 7. The van der Waals surface area contributed by atoms with E-state index >= 15 is 0 Å². The number of aromatic nitrogens is 8. The van der Waals surface area contributed by atoms with Gasteiger partial charge in [0.1, 0.15) is 5.82 Å². The lowest BCUT2D eigenvalue weighted by Crippen LogP contribution is -2.06. The van der Waals surface area contributed by atoms with Gasteiger partial charge in [0.25, 0.3) is 0 Å². The third kappa shape index (κ3) is 3.66. The fraction of sp³-hybridized carbons (Fsp3) is 0.300. The minimum absolute atomic E-state index is 0.557. The molecule has 0 saturated heterocycles. The van der Waals surface area contributed by atoms with Crippen LogP contribution in [0.5, 0.6) is 0 Å². The number of nitrogens with zero attached hydrogens (tertiary/aromatic N) is 7. The number of benzene rings is 1. The Morgan fingerprint density at radius 1 is 1.04 bits per heavy atom. The lowest BCUT2D eigenvalue weighted by Gasteiger charge is -2.08. The summed E-state index contributed by atoms with van der Waals surface area (Å²) in [5.74, 6) is 2.47. The first kappa shape index (κ1) is 18.0. The van der Waals surface area contributed by atoms with Crippen molar-refractivity contribution < 1.29 is 0 Å². The van der Waals surface area contributed by atoms with E-state index in [0.29, 0.717) is 5.82 Å². The summed E-state index contributed by atoms with van der Waals surface area (Å²) in [6, 6.07) is 10.3. The van der Waals surface area contributed by atoms with Crippen LogP contribution >= 0.6 is 0 Å². The van der Waals surface area contributed by atoms with Gasteiger partial charge in [-0.05, 0) is 28.8 Å². The van der Waals surface area contributed by atoms with E-state index < -0.39 is 0 Å². The molecule has 0 fully saturated rings. The van der Waals surface area contributed by atoms with Crippen LogP contribution in [0, 0.1) is 0 Å². The Morgan fingerprint density at radius 2 is 1.89 bits per heavy atom. The van der Waals surface area contributed by atoms with Crippen LogP contribution in [0.1, 0.15) is 37.5 Å². The molecular weight excluding hydrogens is 352 g/mol. The number of nitrogens with one attached hydrogen (secondary N) is 1. The van der Waals surface area contributed by atoms with Crippen LogP contribution < -0.4 is 0 Å². The van der Waals surface area contributed by atoms with Gasteiger partial charge in [0.15, 0.2) is 5.82 Å². The molecule has 0 amide bonds. The molecule has 28 heavy (non-hydrogen) atoms. The summed E-state index contributed by atoms with van der Waals surface area (Å²) in [6.45, 7) is 5.13. The van der Waals surface area contributed by atoms with Gasteiger partial charge in [0, 0.05) is 42.9 Å². The van der Waals surface area contributed by atoms with Gasteiger partial charge in [-0.15, -0.1) is 10.2 Å². The van der Waals surface area contributed by atoms with Gasteiger partial charge in [-0.3, -0.25) is 4.98 Å². The van der Waals surface area contributed by atoms with Crippen LogP contribution in [0.4, 0.5) is 0 Å². The van der Waals surface area contributed by atoms with Crippen LogP contribution in [-0.2, 0) is 19.4 Å². The number of hydrogen-bond donors (Lipinski definition) is 1. The van der Waals surface area contributed by atoms with Crippen molar-refractivity contribution in [1.29, 1.82) is 0 Å². The van der Waals surface area contributed by atoms with Gasteiger partial charge in [0.05, 0.1) is 0 Å². The van der Waals surface area contributed by atoms with Crippen molar-refractivity contribution in [1.82, 2.24) is 40.4 Å². The predicted molar refractivity (Wildman–Crippen MR) is 105 cm³/mol. The Balaban J connectivity index is 1.60. The van der Waals surface area contributed by atoms with Gasteiger partial charge in [-0.2, -0.15) is 10.3 Å². The molecule has 3 aromatic heterocycles. The molecule has 0 aliphatic heterocycles. The van der Waals surface area contributed by atoms with E-state index in [2.05, 4.69) is 73.8 Å². The number of aromatic amines is 1. The summed E-state index contributed by atoms with van der Waals surface area (Å²) in [5.41, 5.74) is 4.12. The van der Waals surface area contributed by atoms with Gasteiger partial charge in [-0.25, -0.2) is 9.67 Å². The SMILES string of the molecule is CCCn1nc(CC)nc1Cc1ccc(-c2cnccc2-c2nn[nH]n2)cc1. The smallest absolute Gasteiger partial charge is 0.205 e. The van der Waals surface area contributed by atoms with Crippen molar-refractivity contribution in [2.75, 3.05) is 0 Å². The van der Waals surface area contributed by atoms with E-state index in [1.807, 2.05) is 16.9 Å². The largest absolute Gasteiger partial charge is 0.264 e. The molecule has 8 heteroatoms. The van der Waals surface area contributed by atoms with Crippen LogP contribution in [0.15, 0.2) is 42.7 Å². The number of hydrogen-bond acceptors (Lipinski definition) is 6.